The third-order valence-corrected chi connectivity index (χ3v) is 2.76. The number of hydrogen-bond donors (Lipinski definition) is 2. The number of hydrogen-bond acceptors (Lipinski definition) is 4. The Labute approximate surface area is 85.5 Å². The molecule has 0 unspecified atom stereocenters. The minimum Gasteiger partial charge on any atom is -0.481 e. The number of carboxylic acids is 1. The van der Waals surface area contributed by atoms with E-state index in [-0.39, 0.29) is 6.42 Å². The summed E-state index contributed by atoms with van der Waals surface area (Å²) in [7, 11) is 0. The highest BCUT2D eigenvalue weighted by atomic mass is 32.1. The van der Waals surface area contributed by atoms with Crippen LogP contribution in [0.5, 0.6) is 0 Å². The lowest BCUT2D eigenvalue weighted by Gasteiger charge is -1.93. The second-order valence-electron chi connectivity index (χ2n) is 2.80. The van der Waals surface area contributed by atoms with Gasteiger partial charge in [0.1, 0.15) is 0 Å². The first-order chi connectivity index (χ1) is 6.72. The average molecular weight is 213 g/mol. The van der Waals surface area contributed by atoms with Crippen molar-refractivity contribution in [2.45, 2.75) is 19.3 Å². The zero-order chi connectivity index (χ0) is 10.4. The van der Waals surface area contributed by atoms with Gasteiger partial charge in [-0.3, -0.25) is 4.79 Å². The molecule has 1 aromatic rings. The van der Waals surface area contributed by atoms with E-state index < -0.39 is 5.97 Å². The van der Waals surface area contributed by atoms with E-state index >= 15 is 0 Å². The van der Waals surface area contributed by atoms with Gasteiger partial charge in [0.05, 0.1) is 6.21 Å². The summed E-state index contributed by atoms with van der Waals surface area (Å²) in [5, 5.41) is 19.6. The van der Waals surface area contributed by atoms with Crippen molar-refractivity contribution in [3.05, 3.63) is 21.9 Å². The van der Waals surface area contributed by atoms with Gasteiger partial charge in [0.2, 0.25) is 0 Å². The van der Waals surface area contributed by atoms with Crippen LogP contribution < -0.4 is 0 Å². The smallest absolute Gasteiger partial charge is 0.303 e. The lowest BCUT2D eigenvalue weighted by atomic mass is 10.2. The molecule has 0 amide bonds. The molecule has 4 nitrogen and oxygen atoms in total. The van der Waals surface area contributed by atoms with Crippen LogP contribution >= 0.6 is 11.3 Å². The minimum atomic E-state index is -0.765. The zero-order valence-corrected chi connectivity index (χ0v) is 8.33. The van der Waals surface area contributed by atoms with Crippen LogP contribution in [-0.4, -0.2) is 22.5 Å². The van der Waals surface area contributed by atoms with Gasteiger partial charge in [0.15, 0.2) is 0 Å². The van der Waals surface area contributed by atoms with E-state index in [0.29, 0.717) is 6.42 Å². The van der Waals surface area contributed by atoms with E-state index in [9.17, 15) is 4.79 Å². The molecule has 5 heteroatoms. The van der Waals surface area contributed by atoms with E-state index in [1.54, 1.807) is 0 Å². The van der Waals surface area contributed by atoms with Crippen LogP contribution in [0.4, 0.5) is 0 Å². The fourth-order valence-electron chi connectivity index (χ4n) is 1.07. The highest BCUT2D eigenvalue weighted by molar-refractivity contribution is 7.13. The van der Waals surface area contributed by atoms with Gasteiger partial charge >= 0.3 is 5.97 Å². The second kappa shape index (κ2) is 5.39. The van der Waals surface area contributed by atoms with Gasteiger partial charge in [-0.25, -0.2) is 0 Å². The third-order valence-electron chi connectivity index (χ3n) is 1.68. The summed E-state index contributed by atoms with van der Waals surface area (Å²) in [6.07, 6.45) is 2.97. The molecule has 0 bridgehead atoms. The van der Waals surface area contributed by atoms with Gasteiger partial charge in [-0.15, -0.1) is 11.3 Å². The van der Waals surface area contributed by atoms with Crippen molar-refractivity contribution in [2.75, 3.05) is 0 Å². The third kappa shape index (κ3) is 3.57. The summed E-state index contributed by atoms with van der Waals surface area (Å²) in [5.41, 5.74) is 0. The van der Waals surface area contributed by atoms with Crippen molar-refractivity contribution >= 4 is 23.5 Å². The maximum Gasteiger partial charge on any atom is 0.303 e. The first-order valence-electron chi connectivity index (χ1n) is 4.20. The molecule has 0 saturated heterocycles. The number of aliphatic carboxylic acids is 1. The number of nitrogens with zero attached hydrogens (tertiary/aromatic N) is 1. The Balaban J connectivity index is 2.39. The molecule has 0 radical (unpaired) electrons. The van der Waals surface area contributed by atoms with Gasteiger partial charge in [-0.2, -0.15) is 0 Å². The first-order valence-corrected chi connectivity index (χ1v) is 5.02. The van der Waals surface area contributed by atoms with Crippen molar-refractivity contribution in [1.82, 2.24) is 0 Å². The molecule has 1 rings (SSSR count). The number of carboxylic acid groups (broad SMARTS) is 1. The van der Waals surface area contributed by atoms with E-state index in [2.05, 4.69) is 5.16 Å². The minimum absolute atomic E-state index is 0.196. The highest BCUT2D eigenvalue weighted by Gasteiger charge is 2.00. The van der Waals surface area contributed by atoms with Gasteiger partial charge in [-0.05, 0) is 25.0 Å². The lowest BCUT2D eigenvalue weighted by molar-refractivity contribution is -0.137. The Morgan fingerprint density at radius 1 is 1.57 bits per heavy atom. The van der Waals surface area contributed by atoms with Crippen LogP contribution in [-0.2, 0) is 11.2 Å². The van der Waals surface area contributed by atoms with Gasteiger partial charge in [0.25, 0.3) is 0 Å². The molecule has 0 fully saturated rings. The van der Waals surface area contributed by atoms with Crippen molar-refractivity contribution in [3.8, 4) is 0 Å². The van der Waals surface area contributed by atoms with E-state index in [4.69, 9.17) is 10.3 Å². The normalized spacial score (nSPS) is 10.9. The largest absolute Gasteiger partial charge is 0.481 e. The van der Waals surface area contributed by atoms with Gasteiger partial charge in [0, 0.05) is 16.2 Å². The molecule has 0 aliphatic carbocycles. The highest BCUT2D eigenvalue weighted by Crippen LogP contribution is 2.16. The quantitative estimate of drug-likeness (QED) is 0.446. The fraction of sp³-hybridized carbons (Fsp3) is 0.333. The molecule has 1 aromatic heterocycles. The molecule has 0 atom stereocenters. The van der Waals surface area contributed by atoms with Crippen molar-refractivity contribution < 1.29 is 15.1 Å². The van der Waals surface area contributed by atoms with Crippen LogP contribution in [0.25, 0.3) is 0 Å². The summed E-state index contributed by atoms with van der Waals surface area (Å²) in [5.74, 6) is -0.765. The monoisotopic (exact) mass is 213 g/mol. The van der Waals surface area contributed by atoms with E-state index in [0.717, 1.165) is 16.2 Å². The summed E-state index contributed by atoms with van der Waals surface area (Å²) >= 11 is 1.51. The molecule has 0 saturated carbocycles. The molecular weight excluding hydrogens is 202 g/mol. The Morgan fingerprint density at radius 3 is 3.00 bits per heavy atom. The summed E-state index contributed by atoms with van der Waals surface area (Å²) in [6, 6.07) is 3.77. The zero-order valence-electron chi connectivity index (χ0n) is 7.51. The summed E-state index contributed by atoms with van der Waals surface area (Å²) < 4.78 is 0. The van der Waals surface area contributed by atoms with Crippen molar-refractivity contribution in [1.29, 1.82) is 0 Å². The predicted molar refractivity (Wildman–Crippen MR) is 54.3 cm³/mol. The van der Waals surface area contributed by atoms with Crippen LogP contribution in [0.15, 0.2) is 17.3 Å². The standard InChI is InChI=1S/C9H11NO3S/c11-9(12)3-1-2-7-4-5-8(14-7)6-10-13/h4-6,13H,1-3H2,(H,11,12)/b10-6-. The number of oxime groups is 1. The molecule has 14 heavy (non-hydrogen) atoms. The molecule has 76 valence electrons. The maximum absolute atomic E-state index is 10.2. The lowest BCUT2D eigenvalue weighted by Crippen LogP contribution is -1.94. The summed E-state index contributed by atoms with van der Waals surface area (Å²) in [6.45, 7) is 0. The topological polar surface area (TPSA) is 69.9 Å². The Kier molecular flexibility index (Phi) is 4.12. The number of thiophene rings is 1. The fourth-order valence-corrected chi connectivity index (χ4v) is 1.99. The Hall–Kier alpha value is -1.36. The van der Waals surface area contributed by atoms with Crippen LogP contribution in [0, 0.1) is 0 Å². The molecule has 0 aliphatic rings. The first kappa shape index (κ1) is 10.7. The van der Waals surface area contributed by atoms with E-state index in [1.807, 2.05) is 12.1 Å². The molecule has 0 aromatic carbocycles. The summed E-state index contributed by atoms with van der Waals surface area (Å²) in [4.78, 5) is 12.2. The Bertz CT molecular complexity index is 333. The van der Waals surface area contributed by atoms with Crippen LogP contribution in [0.3, 0.4) is 0 Å². The molecule has 1 heterocycles. The number of aryl methyl sites for hydroxylation is 1. The Morgan fingerprint density at radius 2 is 2.36 bits per heavy atom. The van der Waals surface area contributed by atoms with Gasteiger partial charge in [-0.1, -0.05) is 5.16 Å². The number of rotatable bonds is 5. The SMILES string of the molecule is O=C(O)CCCc1ccc(/C=N\O)s1. The molecule has 2 N–H and O–H groups in total. The van der Waals surface area contributed by atoms with Crippen LogP contribution in [0.2, 0.25) is 0 Å². The second-order valence-corrected chi connectivity index (χ2v) is 4.00. The van der Waals surface area contributed by atoms with Gasteiger partial charge < -0.3 is 10.3 Å². The molecular formula is C9H11NO3S. The molecule has 0 aliphatic heterocycles. The predicted octanol–water partition coefficient (Wildman–Crippen LogP) is 1.96. The van der Waals surface area contributed by atoms with Crippen molar-refractivity contribution in [3.63, 3.8) is 0 Å². The average Bonchev–Trinajstić information content (AvgIpc) is 2.53. The molecule has 0 spiro atoms. The van der Waals surface area contributed by atoms with Crippen molar-refractivity contribution in [2.24, 2.45) is 5.16 Å². The van der Waals surface area contributed by atoms with E-state index in [1.165, 1.54) is 17.6 Å². The number of carbonyl (C=O) groups is 1. The van der Waals surface area contributed by atoms with Crippen LogP contribution in [0.1, 0.15) is 22.6 Å². The maximum atomic E-state index is 10.2.